The molecule has 1 fully saturated rings. The van der Waals surface area contributed by atoms with Crippen molar-refractivity contribution in [3.05, 3.63) is 47.7 Å². The third-order valence-electron chi connectivity index (χ3n) is 4.71. The second-order valence-electron chi connectivity index (χ2n) is 6.42. The Morgan fingerprint density at radius 2 is 2.12 bits per heavy atom. The van der Waals surface area contributed by atoms with Crippen molar-refractivity contribution in [1.82, 2.24) is 10.2 Å². The zero-order valence-electron chi connectivity index (χ0n) is 14.1. The van der Waals surface area contributed by atoms with Gasteiger partial charge in [-0.3, -0.25) is 4.79 Å². The third-order valence-corrected chi connectivity index (χ3v) is 4.71. The van der Waals surface area contributed by atoms with Crippen molar-refractivity contribution in [3.63, 3.8) is 0 Å². The SMILES string of the molecule is Cl.O=C(CC1COCCN1)N1CCc2cc(-c3ccccc3)oc2C1. The van der Waals surface area contributed by atoms with E-state index in [-0.39, 0.29) is 24.4 Å². The van der Waals surface area contributed by atoms with Crippen molar-refractivity contribution < 1.29 is 13.9 Å². The van der Waals surface area contributed by atoms with E-state index in [1.807, 2.05) is 35.2 Å². The van der Waals surface area contributed by atoms with Gasteiger partial charge in [0.2, 0.25) is 5.91 Å². The molecule has 0 spiro atoms. The minimum absolute atomic E-state index is 0. The number of ether oxygens (including phenoxy) is 1. The maximum Gasteiger partial charge on any atom is 0.224 e. The number of hydrogen-bond acceptors (Lipinski definition) is 4. The molecule has 25 heavy (non-hydrogen) atoms. The second kappa shape index (κ2) is 8.04. The van der Waals surface area contributed by atoms with Crippen LogP contribution in [0, 0.1) is 0 Å². The summed E-state index contributed by atoms with van der Waals surface area (Å²) < 4.78 is 11.5. The first-order valence-corrected chi connectivity index (χ1v) is 8.55. The number of morpholine rings is 1. The number of nitrogens with one attached hydrogen (secondary N) is 1. The Labute approximate surface area is 153 Å². The Morgan fingerprint density at radius 3 is 2.88 bits per heavy atom. The van der Waals surface area contributed by atoms with E-state index in [1.165, 1.54) is 5.56 Å². The zero-order valence-corrected chi connectivity index (χ0v) is 14.9. The third kappa shape index (κ3) is 4.06. The van der Waals surface area contributed by atoms with Gasteiger partial charge in [-0.2, -0.15) is 0 Å². The lowest BCUT2D eigenvalue weighted by Crippen LogP contribution is -2.45. The molecule has 1 atom stereocenters. The summed E-state index contributed by atoms with van der Waals surface area (Å²) in [5, 5.41) is 3.34. The van der Waals surface area contributed by atoms with Gasteiger partial charge in [0.05, 0.1) is 19.8 Å². The molecule has 1 amide bonds. The molecule has 2 aliphatic heterocycles. The Kier molecular flexibility index (Phi) is 5.78. The van der Waals surface area contributed by atoms with Gasteiger partial charge >= 0.3 is 0 Å². The summed E-state index contributed by atoms with van der Waals surface area (Å²) in [7, 11) is 0. The number of halogens is 1. The fourth-order valence-electron chi connectivity index (χ4n) is 3.37. The van der Waals surface area contributed by atoms with E-state index in [9.17, 15) is 4.79 Å². The Balaban J connectivity index is 0.00000182. The van der Waals surface area contributed by atoms with Crippen molar-refractivity contribution in [3.8, 4) is 11.3 Å². The van der Waals surface area contributed by atoms with E-state index in [2.05, 4.69) is 11.4 Å². The number of benzene rings is 1. The molecular weight excluding hydrogens is 340 g/mol. The van der Waals surface area contributed by atoms with Crippen molar-refractivity contribution >= 4 is 18.3 Å². The molecule has 1 saturated heterocycles. The molecule has 1 aromatic heterocycles. The van der Waals surface area contributed by atoms with Crippen molar-refractivity contribution in [1.29, 1.82) is 0 Å². The van der Waals surface area contributed by atoms with Crippen LogP contribution in [0.2, 0.25) is 0 Å². The lowest BCUT2D eigenvalue weighted by molar-refractivity contribution is -0.133. The first-order valence-electron chi connectivity index (χ1n) is 8.55. The molecule has 2 aliphatic rings. The highest BCUT2D eigenvalue weighted by atomic mass is 35.5. The number of rotatable bonds is 3. The van der Waals surface area contributed by atoms with Gasteiger partial charge in [0.15, 0.2) is 0 Å². The molecule has 1 unspecified atom stereocenters. The molecule has 1 aromatic carbocycles. The van der Waals surface area contributed by atoms with E-state index in [0.717, 1.165) is 43.2 Å². The molecule has 1 N–H and O–H groups in total. The van der Waals surface area contributed by atoms with Crippen LogP contribution < -0.4 is 5.32 Å². The van der Waals surface area contributed by atoms with Gasteiger partial charge in [0.25, 0.3) is 0 Å². The van der Waals surface area contributed by atoms with Crippen molar-refractivity contribution in [2.24, 2.45) is 0 Å². The molecule has 2 aromatic rings. The number of hydrogen-bond donors (Lipinski definition) is 1. The maximum absolute atomic E-state index is 12.5. The molecule has 0 bridgehead atoms. The predicted molar refractivity (Wildman–Crippen MR) is 97.7 cm³/mol. The summed E-state index contributed by atoms with van der Waals surface area (Å²) in [6.45, 7) is 3.48. The average molecular weight is 363 g/mol. The zero-order chi connectivity index (χ0) is 16.4. The molecule has 6 heteroatoms. The lowest BCUT2D eigenvalue weighted by Gasteiger charge is -2.29. The number of furan rings is 1. The van der Waals surface area contributed by atoms with Crippen molar-refractivity contribution in [2.75, 3.05) is 26.3 Å². The van der Waals surface area contributed by atoms with E-state index in [0.29, 0.717) is 19.6 Å². The van der Waals surface area contributed by atoms with Gasteiger partial charge in [0, 0.05) is 31.1 Å². The summed E-state index contributed by atoms with van der Waals surface area (Å²) in [6, 6.07) is 12.3. The molecule has 0 aliphatic carbocycles. The minimum atomic E-state index is 0. The molecule has 3 heterocycles. The predicted octanol–water partition coefficient (Wildman–Crippen LogP) is 2.63. The molecule has 134 valence electrons. The van der Waals surface area contributed by atoms with E-state index in [1.54, 1.807) is 0 Å². The standard InChI is InChI=1S/C19H22N2O3.ClH/c22-19(11-16-13-23-9-7-20-16)21-8-6-15-10-17(24-18(15)12-21)14-4-2-1-3-5-14;/h1-5,10,16,20H,6-9,11-13H2;1H. The normalized spacial score (nSPS) is 19.8. The lowest BCUT2D eigenvalue weighted by atomic mass is 10.1. The van der Waals surface area contributed by atoms with Gasteiger partial charge < -0.3 is 19.4 Å². The summed E-state index contributed by atoms with van der Waals surface area (Å²) >= 11 is 0. The van der Waals surface area contributed by atoms with Crippen LogP contribution in [0.15, 0.2) is 40.8 Å². The molecule has 5 nitrogen and oxygen atoms in total. The fraction of sp³-hybridized carbons (Fsp3) is 0.421. The first kappa shape index (κ1) is 18.0. The van der Waals surface area contributed by atoms with Gasteiger partial charge in [-0.25, -0.2) is 0 Å². The smallest absolute Gasteiger partial charge is 0.224 e. The molecular formula is C19H23ClN2O3. The van der Waals surface area contributed by atoms with E-state index < -0.39 is 0 Å². The summed E-state index contributed by atoms with van der Waals surface area (Å²) in [4.78, 5) is 14.4. The van der Waals surface area contributed by atoms with E-state index >= 15 is 0 Å². The average Bonchev–Trinajstić information content (AvgIpc) is 3.06. The van der Waals surface area contributed by atoms with Crippen LogP contribution in [0.3, 0.4) is 0 Å². The number of carbonyl (C=O) groups excluding carboxylic acids is 1. The number of fused-ring (bicyclic) bond motifs is 1. The van der Waals surface area contributed by atoms with Gasteiger partial charge in [-0.15, -0.1) is 12.4 Å². The summed E-state index contributed by atoms with van der Waals surface area (Å²) in [6.07, 6.45) is 1.34. The Morgan fingerprint density at radius 1 is 1.28 bits per heavy atom. The number of amides is 1. The second-order valence-corrected chi connectivity index (χ2v) is 6.42. The highest BCUT2D eigenvalue weighted by Crippen LogP contribution is 2.29. The molecule has 0 saturated carbocycles. The van der Waals surface area contributed by atoms with Gasteiger partial charge in [0.1, 0.15) is 11.5 Å². The van der Waals surface area contributed by atoms with Crippen molar-refractivity contribution in [2.45, 2.75) is 25.4 Å². The number of carbonyl (C=O) groups is 1. The highest BCUT2D eigenvalue weighted by Gasteiger charge is 2.26. The maximum atomic E-state index is 12.5. The summed E-state index contributed by atoms with van der Waals surface area (Å²) in [5.74, 6) is 1.97. The Bertz CT molecular complexity index is 711. The molecule has 4 rings (SSSR count). The Hall–Kier alpha value is -1.82. The molecule has 0 radical (unpaired) electrons. The van der Waals surface area contributed by atoms with Crippen LogP contribution in [-0.2, 0) is 22.5 Å². The summed E-state index contributed by atoms with van der Waals surface area (Å²) in [5.41, 5.74) is 2.30. The van der Waals surface area contributed by atoms with Crippen LogP contribution >= 0.6 is 12.4 Å². The van der Waals surface area contributed by atoms with Crippen LogP contribution in [-0.4, -0.2) is 43.2 Å². The first-order chi connectivity index (χ1) is 11.8. The number of nitrogens with zero attached hydrogens (tertiary/aromatic N) is 1. The largest absolute Gasteiger partial charge is 0.459 e. The van der Waals surface area contributed by atoms with Crippen LogP contribution in [0.4, 0.5) is 0 Å². The minimum Gasteiger partial charge on any atom is -0.459 e. The fourth-order valence-corrected chi connectivity index (χ4v) is 3.37. The van der Waals surface area contributed by atoms with Crippen LogP contribution in [0.5, 0.6) is 0 Å². The van der Waals surface area contributed by atoms with E-state index in [4.69, 9.17) is 9.15 Å². The highest BCUT2D eigenvalue weighted by molar-refractivity contribution is 5.85. The quantitative estimate of drug-likeness (QED) is 0.912. The topological polar surface area (TPSA) is 54.7 Å². The van der Waals surface area contributed by atoms with Gasteiger partial charge in [-0.1, -0.05) is 30.3 Å². The van der Waals surface area contributed by atoms with Crippen LogP contribution in [0.1, 0.15) is 17.7 Å². The monoisotopic (exact) mass is 362 g/mol. The van der Waals surface area contributed by atoms with Gasteiger partial charge in [-0.05, 0) is 18.1 Å². The van der Waals surface area contributed by atoms with Crippen LogP contribution in [0.25, 0.3) is 11.3 Å².